The molecule has 26 heavy (non-hydrogen) atoms. The van der Waals surface area contributed by atoms with E-state index in [0.29, 0.717) is 23.3 Å². The van der Waals surface area contributed by atoms with Crippen molar-refractivity contribution in [1.82, 2.24) is 9.80 Å². The first-order valence-electron chi connectivity index (χ1n) is 8.34. The van der Waals surface area contributed by atoms with Gasteiger partial charge in [0.15, 0.2) is 6.61 Å². The summed E-state index contributed by atoms with van der Waals surface area (Å²) < 4.78 is 19.1. The third-order valence-electron chi connectivity index (χ3n) is 4.29. The van der Waals surface area contributed by atoms with Crippen molar-refractivity contribution in [1.29, 1.82) is 0 Å². The van der Waals surface area contributed by atoms with E-state index in [2.05, 4.69) is 20.8 Å². The van der Waals surface area contributed by atoms with Gasteiger partial charge in [-0.1, -0.05) is 23.7 Å². The SMILES string of the molecule is O=C(COc1ccc(F)cc1Br)N1CCN(Cc2ccc(Cl)cc2)CC1. The van der Waals surface area contributed by atoms with Crippen LogP contribution in [0.15, 0.2) is 46.9 Å². The molecular formula is C19H19BrClFN2O2. The highest BCUT2D eigenvalue weighted by Gasteiger charge is 2.21. The lowest BCUT2D eigenvalue weighted by molar-refractivity contribution is -0.135. The van der Waals surface area contributed by atoms with Crippen LogP contribution in [-0.2, 0) is 11.3 Å². The average molecular weight is 442 g/mol. The van der Waals surface area contributed by atoms with E-state index in [9.17, 15) is 9.18 Å². The summed E-state index contributed by atoms with van der Waals surface area (Å²) in [4.78, 5) is 16.4. The molecule has 0 radical (unpaired) electrons. The third kappa shape index (κ3) is 5.19. The summed E-state index contributed by atoms with van der Waals surface area (Å²) in [5.74, 6) is 0.0425. The molecule has 0 atom stereocenters. The van der Waals surface area contributed by atoms with E-state index in [1.54, 1.807) is 4.90 Å². The minimum absolute atomic E-state index is 0.0542. The minimum atomic E-state index is -0.354. The quantitative estimate of drug-likeness (QED) is 0.704. The van der Waals surface area contributed by atoms with E-state index in [4.69, 9.17) is 16.3 Å². The summed E-state index contributed by atoms with van der Waals surface area (Å²) in [7, 11) is 0. The molecule has 3 rings (SSSR count). The fourth-order valence-electron chi connectivity index (χ4n) is 2.83. The van der Waals surface area contributed by atoms with Crippen LogP contribution in [0, 0.1) is 5.82 Å². The number of ether oxygens (including phenoxy) is 1. The molecule has 0 aliphatic carbocycles. The van der Waals surface area contributed by atoms with Crippen LogP contribution >= 0.6 is 27.5 Å². The van der Waals surface area contributed by atoms with E-state index in [0.717, 1.165) is 24.7 Å². The number of halogens is 3. The van der Waals surface area contributed by atoms with Crippen molar-refractivity contribution in [3.05, 3.63) is 63.3 Å². The molecule has 1 amide bonds. The van der Waals surface area contributed by atoms with Crippen molar-refractivity contribution >= 4 is 33.4 Å². The zero-order valence-corrected chi connectivity index (χ0v) is 16.5. The summed E-state index contributed by atoms with van der Waals surface area (Å²) in [5, 5.41) is 0.733. The number of carbonyl (C=O) groups is 1. The standard InChI is InChI=1S/C19H19BrClFN2O2/c20-17-11-16(22)5-6-18(17)26-13-19(25)24-9-7-23(8-10-24)12-14-1-3-15(21)4-2-14/h1-6,11H,7-10,12-13H2. The first-order valence-corrected chi connectivity index (χ1v) is 9.51. The second-order valence-corrected chi connectivity index (χ2v) is 7.44. The van der Waals surface area contributed by atoms with E-state index in [1.165, 1.54) is 23.8 Å². The number of nitrogens with zero attached hydrogens (tertiary/aromatic N) is 2. The number of hydrogen-bond acceptors (Lipinski definition) is 3. The van der Waals surface area contributed by atoms with Gasteiger partial charge in [-0.2, -0.15) is 0 Å². The first-order chi connectivity index (χ1) is 12.5. The molecule has 0 unspecified atom stereocenters. The van der Waals surface area contributed by atoms with E-state index < -0.39 is 0 Å². The van der Waals surface area contributed by atoms with Crippen molar-refractivity contribution in [3.63, 3.8) is 0 Å². The number of benzene rings is 2. The van der Waals surface area contributed by atoms with Gasteiger partial charge in [0.1, 0.15) is 11.6 Å². The second-order valence-electron chi connectivity index (χ2n) is 6.15. The minimum Gasteiger partial charge on any atom is -0.483 e. The van der Waals surface area contributed by atoms with E-state index in [-0.39, 0.29) is 18.3 Å². The molecule has 0 saturated carbocycles. The Labute approximate surface area is 165 Å². The highest BCUT2D eigenvalue weighted by molar-refractivity contribution is 9.10. The molecule has 1 fully saturated rings. The molecule has 0 aromatic heterocycles. The van der Waals surface area contributed by atoms with Gasteiger partial charge in [0.05, 0.1) is 4.47 Å². The summed E-state index contributed by atoms with van der Waals surface area (Å²) in [6, 6.07) is 12.0. The lowest BCUT2D eigenvalue weighted by atomic mass is 10.2. The van der Waals surface area contributed by atoms with Gasteiger partial charge in [-0.05, 0) is 51.8 Å². The third-order valence-corrected chi connectivity index (χ3v) is 5.16. The molecule has 0 bridgehead atoms. The monoisotopic (exact) mass is 440 g/mol. The smallest absolute Gasteiger partial charge is 0.260 e. The van der Waals surface area contributed by atoms with Crippen molar-refractivity contribution in [2.45, 2.75) is 6.54 Å². The van der Waals surface area contributed by atoms with Gasteiger partial charge in [-0.3, -0.25) is 9.69 Å². The lowest BCUT2D eigenvalue weighted by Gasteiger charge is -2.34. The van der Waals surface area contributed by atoms with Crippen LogP contribution in [0.2, 0.25) is 5.02 Å². The molecule has 7 heteroatoms. The van der Waals surface area contributed by atoms with E-state index >= 15 is 0 Å². The molecular weight excluding hydrogens is 423 g/mol. The van der Waals surface area contributed by atoms with Gasteiger partial charge in [0.2, 0.25) is 0 Å². The molecule has 2 aromatic rings. The van der Waals surface area contributed by atoms with Gasteiger partial charge in [-0.25, -0.2) is 4.39 Å². The Kier molecular flexibility index (Phi) is 6.51. The van der Waals surface area contributed by atoms with Crippen LogP contribution in [0.3, 0.4) is 0 Å². The average Bonchev–Trinajstić information content (AvgIpc) is 2.63. The molecule has 4 nitrogen and oxygen atoms in total. The zero-order valence-electron chi connectivity index (χ0n) is 14.1. The number of hydrogen-bond donors (Lipinski definition) is 0. The number of piperazine rings is 1. The van der Waals surface area contributed by atoms with Crippen molar-refractivity contribution in [3.8, 4) is 5.75 Å². The molecule has 2 aromatic carbocycles. The predicted molar refractivity (Wildman–Crippen MR) is 103 cm³/mol. The molecule has 1 heterocycles. The number of carbonyl (C=O) groups excluding carboxylic acids is 1. The van der Waals surface area contributed by atoms with Crippen LogP contribution in [0.25, 0.3) is 0 Å². The van der Waals surface area contributed by atoms with Crippen LogP contribution in [-0.4, -0.2) is 48.5 Å². The highest BCUT2D eigenvalue weighted by atomic mass is 79.9. The van der Waals surface area contributed by atoms with Crippen molar-refractivity contribution in [2.75, 3.05) is 32.8 Å². The summed E-state index contributed by atoms with van der Waals surface area (Å²) >= 11 is 9.14. The molecule has 1 aliphatic heterocycles. The molecule has 138 valence electrons. The molecule has 0 N–H and O–H groups in total. The predicted octanol–water partition coefficient (Wildman–Crippen LogP) is 3.96. The highest BCUT2D eigenvalue weighted by Crippen LogP contribution is 2.25. The Bertz CT molecular complexity index is 765. The van der Waals surface area contributed by atoms with Crippen molar-refractivity contribution in [2.24, 2.45) is 0 Å². The molecule has 1 saturated heterocycles. The molecule has 0 spiro atoms. The number of rotatable bonds is 5. The zero-order chi connectivity index (χ0) is 18.5. The Morgan fingerprint density at radius 1 is 1.12 bits per heavy atom. The number of amides is 1. The normalized spacial score (nSPS) is 15.1. The Morgan fingerprint density at radius 2 is 1.81 bits per heavy atom. The maximum absolute atomic E-state index is 13.1. The van der Waals surface area contributed by atoms with E-state index in [1.807, 2.05) is 24.3 Å². The van der Waals surface area contributed by atoms with Gasteiger partial charge < -0.3 is 9.64 Å². The van der Waals surface area contributed by atoms with Gasteiger partial charge in [0.25, 0.3) is 5.91 Å². The molecule has 1 aliphatic rings. The maximum Gasteiger partial charge on any atom is 0.260 e. The summed E-state index contributed by atoms with van der Waals surface area (Å²) in [6.07, 6.45) is 0. The van der Waals surface area contributed by atoms with Crippen LogP contribution in [0.4, 0.5) is 4.39 Å². The fourth-order valence-corrected chi connectivity index (χ4v) is 3.42. The fraction of sp³-hybridized carbons (Fsp3) is 0.316. The maximum atomic E-state index is 13.1. The second kappa shape index (κ2) is 8.84. The van der Waals surface area contributed by atoms with Gasteiger partial charge in [0, 0.05) is 37.7 Å². The van der Waals surface area contributed by atoms with Gasteiger partial charge in [-0.15, -0.1) is 0 Å². The topological polar surface area (TPSA) is 32.8 Å². The van der Waals surface area contributed by atoms with Crippen LogP contribution < -0.4 is 4.74 Å². The Balaban J connectivity index is 1.45. The van der Waals surface area contributed by atoms with Crippen molar-refractivity contribution < 1.29 is 13.9 Å². The largest absolute Gasteiger partial charge is 0.483 e. The first kappa shape index (κ1) is 19.1. The van der Waals surface area contributed by atoms with Gasteiger partial charge >= 0.3 is 0 Å². The van der Waals surface area contributed by atoms with Crippen LogP contribution in [0.5, 0.6) is 5.75 Å². The summed E-state index contributed by atoms with van der Waals surface area (Å²) in [5.41, 5.74) is 1.21. The Morgan fingerprint density at radius 3 is 2.46 bits per heavy atom. The Hall–Kier alpha value is -1.63. The summed E-state index contributed by atoms with van der Waals surface area (Å²) in [6.45, 7) is 3.75. The lowest BCUT2D eigenvalue weighted by Crippen LogP contribution is -2.49. The van der Waals surface area contributed by atoms with Crippen LogP contribution in [0.1, 0.15) is 5.56 Å².